The van der Waals surface area contributed by atoms with E-state index in [0.717, 1.165) is 16.9 Å². The van der Waals surface area contributed by atoms with Gasteiger partial charge in [-0.2, -0.15) is 0 Å². The van der Waals surface area contributed by atoms with Gasteiger partial charge in [0.05, 0.1) is 18.6 Å². The highest BCUT2D eigenvalue weighted by atomic mass is 16.5. The van der Waals surface area contributed by atoms with Gasteiger partial charge in [0.2, 0.25) is 5.91 Å². The summed E-state index contributed by atoms with van der Waals surface area (Å²) in [6.45, 7) is 2.48. The molecule has 0 bridgehead atoms. The van der Waals surface area contributed by atoms with E-state index in [2.05, 4.69) is 5.32 Å². The van der Waals surface area contributed by atoms with Crippen molar-refractivity contribution < 1.29 is 14.6 Å². The van der Waals surface area contributed by atoms with Crippen molar-refractivity contribution >= 4 is 5.91 Å². The number of aliphatic hydroxyl groups is 1. The van der Waals surface area contributed by atoms with E-state index in [9.17, 15) is 9.90 Å². The number of hydrogen-bond donors (Lipinski definition) is 2. The minimum atomic E-state index is -0.580. The molecule has 0 aromatic heterocycles. The molecule has 3 rings (SSSR count). The van der Waals surface area contributed by atoms with E-state index in [1.54, 1.807) is 0 Å². The Morgan fingerprint density at radius 2 is 1.92 bits per heavy atom. The summed E-state index contributed by atoms with van der Waals surface area (Å²) in [6.07, 6.45) is 0.584. The molecule has 1 aliphatic heterocycles. The van der Waals surface area contributed by atoms with Crippen LogP contribution in [0, 0.1) is 0 Å². The van der Waals surface area contributed by atoms with Crippen LogP contribution >= 0.6 is 0 Å². The van der Waals surface area contributed by atoms with Gasteiger partial charge in [-0.1, -0.05) is 48.5 Å². The first-order chi connectivity index (χ1) is 11.6. The van der Waals surface area contributed by atoms with Crippen molar-refractivity contribution in [3.05, 3.63) is 65.7 Å². The number of carbonyl (C=O) groups excluding carboxylic acids is 1. The molecule has 3 unspecified atom stereocenters. The third-order valence-electron chi connectivity index (χ3n) is 4.42. The first-order valence-corrected chi connectivity index (χ1v) is 8.40. The topological polar surface area (TPSA) is 58.6 Å². The Balaban J connectivity index is 1.61. The van der Waals surface area contributed by atoms with Crippen LogP contribution in [0.3, 0.4) is 0 Å². The monoisotopic (exact) mass is 325 g/mol. The van der Waals surface area contributed by atoms with Crippen LogP contribution in [0.5, 0.6) is 5.75 Å². The van der Waals surface area contributed by atoms with Gasteiger partial charge in [-0.3, -0.25) is 4.79 Å². The maximum absolute atomic E-state index is 12.6. The van der Waals surface area contributed by atoms with Gasteiger partial charge in [-0.15, -0.1) is 0 Å². The second kappa shape index (κ2) is 7.49. The zero-order chi connectivity index (χ0) is 16.9. The van der Waals surface area contributed by atoms with Crippen LogP contribution in [-0.4, -0.2) is 23.7 Å². The number of aliphatic hydroxyl groups excluding tert-OH is 1. The lowest BCUT2D eigenvalue weighted by atomic mass is 9.92. The van der Waals surface area contributed by atoms with Gasteiger partial charge in [0.1, 0.15) is 5.75 Å². The van der Waals surface area contributed by atoms with Gasteiger partial charge in [-0.25, -0.2) is 0 Å². The molecule has 0 spiro atoms. The summed E-state index contributed by atoms with van der Waals surface area (Å²) in [4.78, 5) is 12.6. The number of para-hydroxylation sites is 1. The summed E-state index contributed by atoms with van der Waals surface area (Å²) >= 11 is 0. The third-order valence-corrected chi connectivity index (χ3v) is 4.42. The number of carbonyl (C=O) groups is 1. The van der Waals surface area contributed by atoms with E-state index in [4.69, 9.17) is 4.74 Å². The first kappa shape index (κ1) is 16.5. The standard InChI is InChI=1S/C20H23NO3/c1-14(13-18(22)15-7-3-2-4-8-15)21-20(23)17-11-12-24-19-10-6-5-9-16(17)19/h2-10,14,17-18,22H,11-13H2,1H3,(H,21,23). The molecular weight excluding hydrogens is 302 g/mol. The molecule has 0 saturated carbocycles. The van der Waals surface area contributed by atoms with Crippen LogP contribution in [0.2, 0.25) is 0 Å². The normalized spacial score (nSPS) is 18.8. The Morgan fingerprint density at radius 1 is 1.21 bits per heavy atom. The van der Waals surface area contributed by atoms with E-state index < -0.39 is 6.10 Å². The summed E-state index contributed by atoms with van der Waals surface area (Å²) in [6, 6.07) is 17.1. The van der Waals surface area contributed by atoms with Crippen molar-refractivity contribution in [1.29, 1.82) is 0 Å². The zero-order valence-electron chi connectivity index (χ0n) is 13.8. The number of rotatable bonds is 5. The molecule has 1 aliphatic rings. The van der Waals surface area contributed by atoms with Crippen molar-refractivity contribution in [1.82, 2.24) is 5.32 Å². The molecule has 3 atom stereocenters. The quantitative estimate of drug-likeness (QED) is 0.887. The lowest BCUT2D eigenvalue weighted by molar-refractivity contribution is -0.124. The molecular formula is C20H23NO3. The highest BCUT2D eigenvalue weighted by Crippen LogP contribution is 2.33. The fourth-order valence-corrected chi connectivity index (χ4v) is 3.16. The summed E-state index contributed by atoms with van der Waals surface area (Å²) in [7, 11) is 0. The van der Waals surface area contributed by atoms with Crippen molar-refractivity contribution in [3.63, 3.8) is 0 Å². The van der Waals surface area contributed by atoms with Gasteiger partial charge < -0.3 is 15.2 Å². The Labute approximate surface area is 142 Å². The largest absolute Gasteiger partial charge is 0.493 e. The molecule has 1 amide bonds. The molecule has 0 radical (unpaired) electrons. The molecule has 4 heteroatoms. The zero-order valence-corrected chi connectivity index (χ0v) is 13.8. The molecule has 0 saturated heterocycles. The van der Waals surface area contributed by atoms with Crippen molar-refractivity contribution in [2.45, 2.75) is 37.8 Å². The van der Waals surface area contributed by atoms with Crippen LogP contribution in [0.25, 0.3) is 0 Å². The van der Waals surface area contributed by atoms with E-state index in [-0.39, 0.29) is 17.9 Å². The maximum Gasteiger partial charge on any atom is 0.228 e. The fraction of sp³-hybridized carbons (Fsp3) is 0.350. The Bertz CT molecular complexity index is 686. The van der Waals surface area contributed by atoms with E-state index >= 15 is 0 Å². The van der Waals surface area contributed by atoms with Crippen LogP contribution in [-0.2, 0) is 4.79 Å². The Hall–Kier alpha value is -2.33. The third kappa shape index (κ3) is 3.77. The molecule has 2 aromatic carbocycles. The number of fused-ring (bicyclic) bond motifs is 1. The van der Waals surface area contributed by atoms with E-state index in [1.807, 2.05) is 61.5 Å². The number of ether oxygens (including phenoxy) is 1. The number of benzene rings is 2. The Kier molecular flexibility index (Phi) is 5.16. The fourth-order valence-electron chi connectivity index (χ4n) is 3.16. The summed E-state index contributed by atoms with van der Waals surface area (Å²) < 4.78 is 5.61. The first-order valence-electron chi connectivity index (χ1n) is 8.40. The number of amides is 1. The van der Waals surface area contributed by atoms with Crippen molar-refractivity contribution in [3.8, 4) is 5.75 Å². The summed E-state index contributed by atoms with van der Waals surface area (Å²) in [5, 5.41) is 13.3. The molecule has 2 aromatic rings. The predicted octanol–water partition coefficient (Wildman–Crippen LogP) is 3.18. The molecule has 2 N–H and O–H groups in total. The van der Waals surface area contributed by atoms with Crippen LogP contribution in [0.1, 0.15) is 42.9 Å². The second-order valence-corrected chi connectivity index (χ2v) is 6.30. The molecule has 24 heavy (non-hydrogen) atoms. The smallest absolute Gasteiger partial charge is 0.228 e. The lowest BCUT2D eigenvalue weighted by Gasteiger charge is -2.27. The highest BCUT2D eigenvalue weighted by molar-refractivity contribution is 5.85. The van der Waals surface area contributed by atoms with E-state index in [1.165, 1.54) is 0 Å². The molecule has 1 heterocycles. The van der Waals surface area contributed by atoms with E-state index in [0.29, 0.717) is 19.4 Å². The maximum atomic E-state index is 12.6. The van der Waals surface area contributed by atoms with Gasteiger partial charge >= 0.3 is 0 Å². The van der Waals surface area contributed by atoms with Crippen LogP contribution in [0.15, 0.2) is 54.6 Å². The highest BCUT2D eigenvalue weighted by Gasteiger charge is 2.28. The molecule has 0 fully saturated rings. The average Bonchev–Trinajstić information content (AvgIpc) is 2.61. The SMILES string of the molecule is CC(CC(O)c1ccccc1)NC(=O)C1CCOc2ccccc21. The van der Waals surface area contributed by atoms with Crippen molar-refractivity contribution in [2.75, 3.05) is 6.61 Å². The van der Waals surface area contributed by atoms with Crippen molar-refractivity contribution in [2.24, 2.45) is 0 Å². The summed E-state index contributed by atoms with van der Waals surface area (Å²) in [5.74, 6) is 0.602. The molecule has 0 aliphatic carbocycles. The second-order valence-electron chi connectivity index (χ2n) is 6.30. The molecule has 4 nitrogen and oxygen atoms in total. The van der Waals surface area contributed by atoms with Gasteiger partial charge in [0.15, 0.2) is 0 Å². The number of nitrogens with one attached hydrogen (secondary N) is 1. The van der Waals surface area contributed by atoms with Crippen LogP contribution in [0.4, 0.5) is 0 Å². The van der Waals surface area contributed by atoms with Gasteiger partial charge in [0.25, 0.3) is 0 Å². The Morgan fingerprint density at radius 3 is 2.71 bits per heavy atom. The minimum absolute atomic E-state index is 0.00138. The summed E-state index contributed by atoms with van der Waals surface area (Å²) in [5.41, 5.74) is 1.81. The minimum Gasteiger partial charge on any atom is -0.493 e. The molecule has 126 valence electrons. The van der Waals surface area contributed by atoms with Crippen LogP contribution < -0.4 is 10.1 Å². The average molecular weight is 325 g/mol. The van der Waals surface area contributed by atoms with Gasteiger partial charge in [-0.05, 0) is 31.4 Å². The predicted molar refractivity (Wildman–Crippen MR) is 92.9 cm³/mol. The number of hydrogen-bond acceptors (Lipinski definition) is 3. The lowest BCUT2D eigenvalue weighted by Crippen LogP contribution is -2.38. The van der Waals surface area contributed by atoms with Gasteiger partial charge in [0, 0.05) is 11.6 Å².